The number of carbonyl (C=O) groups is 2. The zero-order chi connectivity index (χ0) is 25.2. The number of sulfonamides is 1. The van der Waals surface area contributed by atoms with E-state index in [2.05, 4.69) is 10.9 Å². The second-order valence-electron chi connectivity index (χ2n) is 7.71. The van der Waals surface area contributed by atoms with Crippen LogP contribution in [0.15, 0.2) is 39.5 Å². The highest BCUT2D eigenvalue weighted by Gasteiger charge is 2.38. The first kappa shape index (κ1) is 25.6. The van der Waals surface area contributed by atoms with Crippen LogP contribution < -0.4 is 4.80 Å². The number of rotatable bonds is 6. The van der Waals surface area contributed by atoms with E-state index in [1.54, 1.807) is 29.7 Å². The highest BCUT2D eigenvalue weighted by Crippen LogP contribution is 2.32. The van der Waals surface area contributed by atoms with E-state index in [9.17, 15) is 18.0 Å². The van der Waals surface area contributed by atoms with Crippen LogP contribution in [-0.4, -0.2) is 48.4 Å². The van der Waals surface area contributed by atoms with Crippen LogP contribution in [0.1, 0.15) is 36.5 Å². The van der Waals surface area contributed by atoms with E-state index < -0.39 is 27.9 Å². The van der Waals surface area contributed by atoms with Crippen molar-refractivity contribution in [1.29, 1.82) is 0 Å². The van der Waals surface area contributed by atoms with Gasteiger partial charge < -0.3 is 9.30 Å². The molecule has 184 valence electrons. The van der Waals surface area contributed by atoms with Crippen LogP contribution in [0.4, 0.5) is 0 Å². The first-order valence-corrected chi connectivity index (χ1v) is 14.3. The number of piperidine rings is 1. The normalized spacial score (nSPS) is 17.4. The Morgan fingerprint density at radius 1 is 1.26 bits per heavy atom. The molecule has 12 heteroatoms. The molecular weight excluding hydrogens is 530 g/mol. The van der Waals surface area contributed by atoms with Crippen molar-refractivity contribution >= 4 is 66.4 Å². The number of terminal acetylenes is 1. The predicted molar refractivity (Wildman–Crippen MR) is 136 cm³/mol. The van der Waals surface area contributed by atoms with E-state index in [1.807, 2.05) is 0 Å². The molecule has 4 rings (SSSR count). The van der Waals surface area contributed by atoms with Gasteiger partial charge >= 0.3 is 5.97 Å². The summed E-state index contributed by atoms with van der Waals surface area (Å²) in [6.45, 7) is 2.37. The molecule has 1 aliphatic rings. The third kappa shape index (κ3) is 5.22. The van der Waals surface area contributed by atoms with Crippen LogP contribution in [0.25, 0.3) is 10.2 Å². The summed E-state index contributed by atoms with van der Waals surface area (Å²) in [5.74, 6) is 1.56. The van der Waals surface area contributed by atoms with E-state index in [1.165, 1.54) is 27.8 Å². The van der Waals surface area contributed by atoms with Crippen molar-refractivity contribution in [1.82, 2.24) is 8.87 Å². The van der Waals surface area contributed by atoms with Gasteiger partial charge in [0.25, 0.3) is 15.9 Å². The number of nitrogens with zero attached hydrogens (tertiary/aromatic N) is 3. The number of aromatic nitrogens is 1. The number of fused-ring (bicyclic) bond motifs is 1. The summed E-state index contributed by atoms with van der Waals surface area (Å²) in [6.07, 6.45) is 7.28. The Labute approximate surface area is 215 Å². The molecule has 1 aliphatic heterocycles. The minimum atomic E-state index is -3.89. The summed E-state index contributed by atoms with van der Waals surface area (Å²) in [5, 5.41) is 0. The molecule has 0 spiro atoms. The molecule has 1 fully saturated rings. The minimum absolute atomic E-state index is 0.0953. The maximum atomic E-state index is 13.3. The lowest BCUT2D eigenvalue weighted by Gasteiger charge is -2.31. The van der Waals surface area contributed by atoms with Crippen molar-refractivity contribution in [3.63, 3.8) is 0 Å². The Kier molecular flexibility index (Phi) is 7.78. The van der Waals surface area contributed by atoms with Crippen LogP contribution >= 0.6 is 34.3 Å². The third-order valence-electron chi connectivity index (χ3n) is 5.50. The number of halogens is 1. The zero-order valence-electron chi connectivity index (χ0n) is 18.8. The summed E-state index contributed by atoms with van der Waals surface area (Å²) in [5.41, 5.74) is 1.10. The number of thiophene rings is 1. The molecule has 1 unspecified atom stereocenters. The second kappa shape index (κ2) is 10.6. The van der Waals surface area contributed by atoms with Gasteiger partial charge in [-0.25, -0.2) is 13.2 Å². The Bertz CT molecular complexity index is 1500. The number of benzene rings is 1. The van der Waals surface area contributed by atoms with Crippen molar-refractivity contribution in [2.75, 3.05) is 13.2 Å². The fourth-order valence-corrected chi connectivity index (χ4v) is 8.24. The quantitative estimate of drug-likeness (QED) is 0.342. The molecule has 1 aromatic carbocycles. The number of thiazole rings is 1. The van der Waals surface area contributed by atoms with Gasteiger partial charge in [0, 0.05) is 6.54 Å². The van der Waals surface area contributed by atoms with E-state index in [0.29, 0.717) is 44.2 Å². The second-order valence-corrected chi connectivity index (χ2v) is 12.6. The molecule has 0 bridgehead atoms. The van der Waals surface area contributed by atoms with Crippen molar-refractivity contribution in [2.45, 2.75) is 43.0 Å². The Morgan fingerprint density at radius 2 is 2.06 bits per heavy atom. The lowest BCUT2D eigenvalue weighted by atomic mass is 10.0. The number of esters is 1. The van der Waals surface area contributed by atoms with Crippen LogP contribution in [0, 0.1) is 12.3 Å². The van der Waals surface area contributed by atoms with Gasteiger partial charge in [0.2, 0.25) is 0 Å². The van der Waals surface area contributed by atoms with Gasteiger partial charge in [-0.2, -0.15) is 9.30 Å². The van der Waals surface area contributed by atoms with Crippen molar-refractivity contribution in [3.8, 4) is 12.3 Å². The molecule has 1 saturated heterocycles. The van der Waals surface area contributed by atoms with Crippen LogP contribution in [0.5, 0.6) is 0 Å². The van der Waals surface area contributed by atoms with Crippen LogP contribution in [0.2, 0.25) is 4.34 Å². The Hall–Kier alpha value is -2.49. The van der Waals surface area contributed by atoms with Gasteiger partial charge in [0.1, 0.15) is 10.3 Å². The lowest BCUT2D eigenvalue weighted by molar-refractivity contribution is -0.122. The van der Waals surface area contributed by atoms with Gasteiger partial charge in [0.15, 0.2) is 4.80 Å². The topological polar surface area (TPSA) is 98.0 Å². The predicted octanol–water partition coefficient (Wildman–Crippen LogP) is 3.90. The standard InChI is InChI=1S/C23H22ClN3O5S3/c1-3-12-26-16-9-8-15(22(29)32-4-2)14-18(16)33-23(26)25-21(28)17-7-5-6-13-27(17)35(30,31)20-11-10-19(24)34-20/h1,8-11,14,17H,4-7,12-13H2,2H3. The molecule has 35 heavy (non-hydrogen) atoms. The van der Waals surface area contributed by atoms with Crippen LogP contribution in [0.3, 0.4) is 0 Å². The largest absolute Gasteiger partial charge is 0.462 e. The molecule has 0 radical (unpaired) electrons. The van der Waals surface area contributed by atoms with Gasteiger partial charge in [-0.05, 0) is 50.1 Å². The summed E-state index contributed by atoms with van der Waals surface area (Å²) in [7, 11) is -3.89. The highest BCUT2D eigenvalue weighted by atomic mass is 35.5. The number of hydrogen-bond donors (Lipinski definition) is 0. The van der Waals surface area contributed by atoms with E-state index in [-0.39, 0.29) is 23.9 Å². The van der Waals surface area contributed by atoms with Gasteiger partial charge in [-0.15, -0.1) is 17.8 Å². The van der Waals surface area contributed by atoms with E-state index in [4.69, 9.17) is 22.8 Å². The fourth-order valence-electron chi connectivity index (χ4n) is 3.90. The van der Waals surface area contributed by atoms with Crippen LogP contribution in [-0.2, 0) is 26.1 Å². The number of carbonyl (C=O) groups excluding carboxylic acids is 2. The average molecular weight is 552 g/mol. The molecule has 2 aromatic heterocycles. The molecule has 0 aliphatic carbocycles. The third-order valence-corrected chi connectivity index (χ3v) is 10.1. The molecule has 8 nitrogen and oxygen atoms in total. The molecule has 3 heterocycles. The number of amides is 1. The highest BCUT2D eigenvalue weighted by molar-refractivity contribution is 7.91. The molecule has 0 N–H and O–H groups in total. The SMILES string of the molecule is C#CCn1c(=NC(=O)C2CCCCN2S(=O)(=O)c2ccc(Cl)s2)sc2cc(C(=O)OCC)ccc21. The summed E-state index contributed by atoms with van der Waals surface area (Å²) in [6, 6.07) is 7.09. The molecule has 1 amide bonds. The summed E-state index contributed by atoms with van der Waals surface area (Å²) in [4.78, 5) is 30.1. The minimum Gasteiger partial charge on any atom is -0.462 e. The van der Waals surface area contributed by atoms with Crippen molar-refractivity contribution < 1.29 is 22.7 Å². The lowest BCUT2D eigenvalue weighted by Crippen LogP contribution is -2.47. The Morgan fingerprint density at radius 3 is 2.74 bits per heavy atom. The maximum Gasteiger partial charge on any atom is 0.338 e. The molecule has 0 saturated carbocycles. The van der Waals surface area contributed by atoms with Crippen molar-refractivity contribution in [3.05, 3.63) is 45.0 Å². The number of ether oxygens (including phenoxy) is 1. The number of hydrogen-bond acceptors (Lipinski definition) is 7. The maximum absolute atomic E-state index is 13.3. The van der Waals surface area contributed by atoms with E-state index >= 15 is 0 Å². The van der Waals surface area contributed by atoms with Crippen molar-refractivity contribution in [2.24, 2.45) is 4.99 Å². The Balaban J connectivity index is 1.74. The summed E-state index contributed by atoms with van der Waals surface area (Å²) < 4.78 is 35.6. The molecule has 1 atom stereocenters. The monoisotopic (exact) mass is 551 g/mol. The average Bonchev–Trinajstić information content (AvgIpc) is 3.43. The molecular formula is C23H22ClN3O5S3. The van der Waals surface area contributed by atoms with Gasteiger partial charge in [-0.3, -0.25) is 4.79 Å². The first-order valence-electron chi connectivity index (χ1n) is 10.9. The van der Waals surface area contributed by atoms with E-state index in [0.717, 1.165) is 11.3 Å². The zero-order valence-corrected chi connectivity index (χ0v) is 22.0. The smallest absolute Gasteiger partial charge is 0.338 e. The molecule has 3 aromatic rings. The summed E-state index contributed by atoms with van der Waals surface area (Å²) >= 11 is 8.11. The fraction of sp³-hybridized carbons (Fsp3) is 0.348. The van der Waals surface area contributed by atoms with Gasteiger partial charge in [-0.1, -0.05) is 35.3 Å². The first-order chi connectivity index (χ1) is 16.8. The van der Waals surface area contributed by atoms with Gasteiger partial charge in [0.05, 0.1) is 33.3 Å².